The Hall–Kier alpha value is -1.33. The van der Waals surface area contributed by atoms with Gasteiger partial charge in [0.05, 0.1) is 11.6 Å². The summed E-state index contributed by atoms with van der Waals surface area (Å²) in [4.78, 5) is 12.1. The summed E-state index contributed by atoms with van der Waals surface area (Å²) in [6.45, 7) is 2.05. The van der Waals surface area contributed by atoms with Crippen LogP contribution in [0.25, 0.3) is 0 Å². The third-order valence-corrected chi connectivity index (χ3v) is 4.38. The van der Waals surface area contributed by atoms with Crippen molar-refractivity contribution < 1.29 is 9.90 Å². The van der Waals surface area contributed by atoms with E-state index >= 15 is 0 Å². The monoisotopic (exact) mass is 325 g/mol. The molecule has 0 aliphatic rings. The molecule has 0 saturated carbocycles. The number of nitrogens with one attached hydrogen (secondary N) is 1. The van der Waals surface area contributed by atoms with Gasteiger partial charge in [-0.2, -0.15) is 0 Å². The van der Waals surface area contributed by atoms with E-state index in [1.165, 1.54) is 4.88 Å². The first-order valence-corrected chi connectivity index (χ1v) is 7.07. The zero-order valence-corrected chi connectivity index (χ0v) is 12.1. The van der Waals surface area contributed by atoms with Crippen LogP contribution in [-0.2, 0) is 0 Å². The molecule has 0 saturated heterocycles. The van der Waals surface area contributed by atoms with Crippen molar-refractivity contribution in [2.45, 2.75) is 13.0 Å². The summed E-state index contributed by atoms with van der Waals surface area (Å²) in [5.41, 5.74) is 1.10. The highest BCUT2D eigenvalue weighted by Gasteiger charge is 2.09. The van der Waals surface area contributed by atoms with Gasteiger partial charge in [-0.3, -0.25) is 0 Å². The summed E-state index contributed by atoms with van der Waals surface area (Å²) in [6.07, 6.45) is 0. The van der Waals surface area contributed by atoms with Gasteiger partial charge >= 0.3 is 5.97 Å². The van der Waals surface area contributed by atoms with Gasteiger partial charge in [0.25, 0.3) is 0 Å². The van der Waals surface area contributed by atoms with Gasteiger partial charge in [-0.05, 0) is 47.1 Å². The van der Waals surface area contributed by atoms with E-state index in [-0.39, 0.29) is 6.04 Å². The lowest BCUT2D eigenvalue weighted by molar-refractivity contribution is 0.0697. The number of halogens is 1. The number of thiophene rings is 1. The number of rotatable bonds is 4. The number of carboxylic acid groups (broad SMARTS) is 1. The van der Waals surface area contributed by atoms with Gasteiger partial charge < -0.3 is 10.4 Å². The Balaban J connectivity index is 2.14. The first-order valence-electron chi connectivity index (χ1n) is 5.40. The van der Waals surface area contributed by atoms with E-state index in [1.54, 1.807) is 29.5 Å². The Morgan fingerprint density at radius 2 is 2.22 bits per heavy atom. The molecule has 0 amide bonds. The van der Waals surface area contributed by atoms with Gasteiger partial charge in [0, 0.05) is 20.4 Å². The lowest BCUT2D eigenvalue weighted by Gasteiger charge is -2.13. The summed E-state index contributed by atoms with van der Waals surface area (Å²) in [5.74, 6) is -0.912. The first-order chi connectivity index (χ1) is 8.56. The molecule has 0 spiro atoms. The van der Waals surface area contributed by atoms with Crippen molar-refractivity contribution in [3.8, 4) is 0 Å². The van der Waals surface area contributed by atoms with Crippen LogP contribution in [0.15, 0.2) is 40.2 Å². The molecule has 0 fully saturated rings. The fraction of sp³-hybridized carbons (Fsp3) is 0.154. The fourth-order valence-electron chi connectivity index (χ4n) is 1.62. The third-order valence-electron chi connectivity index (χ3n) is 2.51. The highest BCUT2D eigenvalue weighted by Crippen LogP contribution is 2.28. The van der Waals surface area contributed by atoms with E-state index in [1.807, 2.05) is 18.4 Å². The first kappa shape index (κ1) is 13.1. The minimum absolute atomic E-state index is 0.144. The van der Waals surface area contributed by atoms with E-state index in [4.69, 9.17) is 5.11 Å². The Morgan fingerprint density at radius 1 is 1.44 bits per heavy atom. The number of carbonyl (C=O) groups is 1. The van der Waals surface area contributed by atoms with E-state index < -0.39 is 5.97 Å². The summed E-state index contributed by atoms with van der Waals surface area (Å²) >= 11 is 5.08. The molecule has 2 aromatic rings. The van der Waals surface area contributed by atoms with Gasteiger partial charge in [0.15, 0.2) is 0 Å². The standard InChI is InChI=1S/C13H12BrNO2S/c1-8(12-6-10(14)7-18-12)15-11-4-2-3-9(5-11)13(16)17/h2-8,15H,1H3,(H,16,17). The second-order valence-electron chi connectivity index (χ2n) is 3.92. The van der Waals surface area contributed by atoms with Crippen molar-refractivity contribution in [3.05, 3.63) is 50.6 Å². The van der Waals surface area contributed by atoms with E-state index in [2.05, 4.69) is 27.3 Å². The van der Waals surface area contributed by atoms with Crippen molar-refractivity contribution in [1.29, 1.82) is 0 Å². The molecule has 1 aromatic heterocycles. The van der Waals surface area contributed by atoms with Crippen LogP contribution in [0, 0.1) is 0 Å². The molecule has 0 aliphatic heterocycles. The minimum Gasteiger partial charge on any atom is -0.478 e. The quantitative estimate of drug-likeness (QED) is 0.876. The Kier molecular flexibility index (Phi) is 4.04. The average Bonchev–Trinajstić information content (AvgIpc) is 2.76. The molecule has 1 heterocycles. The normalized spacial score (nSPS) is 12.1. The molecule has 5 heteroatoms. The molecule has 3 nitrogen and oxygen atoms in total. The van der Waals surface area contributed by atoms with E-state index in [0.717, 1.165) is 10.2 Å². The van der Waals surface area contributed by atoms with Crippen LogP contribution in [0.3, 0.4) is 0 Å². The molecule has 94 valence electrons. The molecule has 2 N–H and O–H groups in total. The summed E-state index contributed by atoms with van der Waals surface area (Å²) in [5, 5.41) is 14.3. The van der Waals surface area contributed by atoms with Crippen molar-refractivity contribution in [2.75, 3.05) is 5.32 Å². The number of aromatic carboxylic acids is 1. The van der Waals surface area contributed by atoms with Crippen molar-refractivity contribution >= 4 is 38.9 Å². The maximum atomic E-state index is 10.9. The van der Waals surface area contributed by atoms with Crippen LogP contribution in [0.1, 0.15) is 28.2 Å². The predicted molar refractivity (Wildman–Crippen MR) is 77.5 cm³/mol. The smallest absolute Gasteiger partial charge is 0.335 e. The van der Waals surface area contributed by atoms with Crippen LogP contribution in [-0.4, -0.2) is 11.1 Å². The molecule has 0 bridgehead atoms. The third kappa shape index (κ3) is 3.11. The number of carboxylic acids is 1. The second-order valence-corrected chi connectivity index (χ2v) is 5.78. The molecule has 0 radical (unpaired) electrons. The maximum absolute atomic E-state index is 10.9. The SMILES string of the molecule is CC(Nc1cccc(C(=O)O)c1)c1cc(Br)cs1. The molecule has 2 rings (SSSR count). The van der Waals surface area contributed by atoms with Crippen molar-refractivity contribution in [3.63, 3.8) is 0 Å². The molecule has 1 aromatic carbocycles. The van der Waals surface area contributed by atoms with Crippen molar-refractivity contribution in [1.82, 2.24) is 0 Å². The van der Waals surface area contributed by atoms with E-state index in [9.17, 15) is 4.79 Å². The summed E-state index contributed by atoms with van der Waals surface area (Å²) < 4.78 is 1.07. The molecular formula is C13H12BrNO2S. The predicted octanol–water partition coefficient (Wildman–Crippen LogP) is 4.38. The lowest BCUT2D eigenvalue weighted by Crippen LogP contribution is -2.06. The zero-order valence-electron chi connectivity index (χ0n) is 9.68. The molecule has 1 atom stereocenters. The molecule has 1 unspecified atom stereocenters. The fourth-order valence-corrected chi connectivity index (χ4v) is 3.07. The number of hydrogen-bond acceptors (Lipinski definition) is 3. The van der Waals surface area contributed by atoms with Crippen molar-refractivity contribution in [2.24, 2.45) is 0 Å². The Morgan fingerprint density at radius 3 is 2.83 bits per heavy atom. The minimum atomic E-state index is -0.912. The number of anilines is 1. The van der Waals surface area contributed by atoms with Gasteiger partial charge in [-0.15, -0.1) is 11.3 Å². The second kappa shape index (κ2) is 5.54. The van der Waals surface area contributed by atoms with Crippen LogP contribution in [0.2, 0.25) is 0 Å². The Bertz CT molecular complexity index is 568. The average molecular weight is 326 g/mol. The number of hydrogen-bond donors (Lipinski definition) is 2. The maximum Gasteiger partial charge on any atom is 0.335 e. The Labute approximate surface area is 118 Å². The van der Waals surface area contributed by atoms with Gasteiger partial charge in [0.2, 0.25) is 0 Å². The van der Waals surface area contributed by atoms with E-state index in [0.29, 0.717) is 5.56 Å². The zero-order chi connectivity index (χ0) is 13.1. The largest absolute Gasteiger partial charge is 0.478 e. The highest BCUT2D eigenvalue weighted by atomic mass is 79.9. The molecular weight excluding hydrogens is 314 g/mol. The highest BCUT2D eigenvalue weighted by molar-refractivity contribution is 9.10. The van der Waals surface area contributed by atoms with Crippen LogP contribution in [0.4, 0.5) is 5.69 Å². The van der Waals surface area contributed by atoms with Gasteiger partial charge in [-0.25, -0.2) is 4.79 Å². The number of benzene rings is 1. The summed E-state index contributed by atoms with van der Waals surface area (Å²) in [7, 11) is 0. The molecule has 0 aliphatic carbocycles. The van der Waals surface area contributed by atoms with Crippen LogP contribution in [0.5, 0.6) is 0 Å². The lowest BCUT2D eigenvalue weighted by atomic mass is 10.2. The van der Waals surface area contributed by atoms with Gasteiger partial charge in [0.1, 0.15) is 0 Å². The van der Waals surface area contributed by atoms with Gasteiger partial charge in [-0.1, -0.05) is 6.07 Å². The van der Waals surface area contributed by atoms with Crippen LogP contribution < -0.4 is 5.32 Å². The molecule has 18 heavy (non-hydrogen) atoms. The van der Waals surface area contributed by atoms with Crippen LogP contribution >= 0.6 is 27.3 Å². The summed E-state index contributed by atoms with van der Waals surface area (Å²) in [6, 6.07) is 9.03. The topological polar surface area (TPSA) is 49.3 Å².